The van der Waals surface area contributed by atoms with Gasteiger partial charge in [0.05, 0.1) is 5.57 Å². The van der Waals surface area contributed by atoms with Crippen LogP contribution in [0.25, 0.3) is 0 Å². The number of ether oxygens (including phenoxy) is 1. The maximum Gasteiger partial charge on any atom is 0.323 e. The number of Topliss-reactive ketones (excluding diaryl/α,β-unsaturated/α-hetero) is 1. The van der Waals surface area contributed by atoms with Crippen LogP contribution >= 0.6 is 0 Å². The number of carbonyl (C=O) groups is 2. The topological polar surface area (TPSA) is 63.6 Å². The zero-order valence-electron chi connectivity index (χ0n) is 9.37. The summed E-state index contributed by atoms with van der Waals surface area (Å²) in [6, 6.07) is 8.94. The van der Waals surface area contributed by atoms with Crippen LogP contribution in [0.4, 0.5) is 0 Å². The molecule has 18 heavy (non-hydrogen) atoms. The summed E-state index contributed by atoms with van der Waals surface area (Å²) in [5.41, 5.74) is 0.949. The highest BCUT2D eigenvalue weighted by molar-refractivity contribution is 6.10. The lowest BCUT2D eigenvalue weighted by Crippen LogP contribution is -2.26. The number of carbonyl (C=O) groups excluding carboxylic acids is 2. The molecule has 4 heteroatoms. The Morgan fingerprint density at radius 2 is 1.83 bits per heavy atom. The van der Waals surface area contributed by atoms with Gasteiger partial charge in [-0.25, -0.2) is 0 Å². The summed E-state index contributed by atoms with van der Waals surface area (Å²) in [7, 11) is 0. The number of aliphatic hydroxyl groups excluding tert-OH is 1. The van der Waals surface area contributed by atoms with Crippen molar-refractivity contribution in [2.24, 2.45) is 0 Å². The number of esters is 1. The largest absolute Gasteiger partial charge is 0.425 e. The molecule has 2 atom stereocenters. The third-order valence-corrected chi connectivity index (χ3v) is 3.10. The lowest BCUT2D eigenvalue weighted by molar-refractivity contribution is -0.137. The summed E-state index contributed by atoms with van der Waals surface area (Å²) in [4.78, 5) is 23.8. The van der Waals surface area contributed by atoms with Crippen molar-refractivity contribution in [1.82, 2.24) is 0 Å². The molecule has 3 rings (SSSR count). The molecule has 2 unspecified atom stereocenters. The molecule has 1 aliphatic heterocycles. The Hall–Kier alpha value is -2.20. The van der Waals surface area contributed by atoms with Crippen LogP contribution in [-0.2, 0) is 14.3 Å². The van der Waals surface area contributed by atoms with E-state index >= 15 is 0 Å². The molecule has 0 amide bonds. The lowest BCUT2D eigenvalue weighted by Gasteiger charge is -2.14. The third-order valence-electron chi connectivity index (χ3n) is 3.10. The fourth-order valence-electron chi connectivity index (χ4n) is 2.24. The van der Waals surface area contributed by atoms with Gasteiger partial charge in [-0.2, -0.15) is 0 Å². The number of benzene rings is 1. The average Bonchev–Trinajstić information content (AvgIpc) is 2.72. The molecule has 0 radical (unpaired) electrons. The normalized spacial score (nSPS) is 26.3. The highest BCUT2D eigenvalue weighted by Gasteiger charge is 2.42. The molecule has 4 nitrogen and oxygen atoms in total. The molecule has 1 aromatic carbocycles. The molecule has 0 fully saturated rings. The lowest BCUT2D eigenvalue weighted by atomic mass is 9.86. The molecule has 2 aliphatic rings. The molecular weight excluding hydrogens is 232 g/mol. The van der Waals surface area contributed by atoms with E-state index in [1.165, 1.54) is 12.2 Å². The zero-order chi connectivity index (χ0) is 12.7. The van der Waals surface area contributed by atoms with Gasteiger partial charge in [-0.1, -0.05) is 30.3 Å². The molecule has 0 saturated heterocycles. The van der Waals surface area contributed by atoms with Gasteiger partial charge in [0.2, 0.25) is 0 Å². The van der Waals surface area contributed by atoms with E-state index in [4.69, 9.17) is 4.74 Å². The summed E-state index contributed by atoms with van der Waals surface area (Å²) < 4.78 is 5.07. The van der Waals surface area contributed by atoms with Crippen LogP contribution in [0.1, 0.15) is 11.5 Å². The van der Waals surface area contributed by atoms with E-state index in [9.17, 15) is 14.7 Å². The van der Waals surface area contributed by atoms with Crippen LogP contribution in [0.3, 0.4) is 0 Å². The average molecular weight is 242 g/mol. The van der Waals surface area contributed by atoms with Crippen LogP contribution in [0.15, 0.2) is 53.8 Å². The molecule has 90 valence electrons. The molecule has 0 bridgehead atoms. The number of aliphatic hydroxyl groups is 1. The van der Waals surface area contributed by atoms with E-state index in [2.05, 4.69) is 0 Å². The molecule has 1 aliphatic carbocycles. The van der Waals surface area contributed by atoms with Crippen LogP contribution in [0.5, 0.6) is 0 Å². The van der Waals surface area contributed by atoms with Gasteiger partial charge >= 0.3 is 5.97 Å². The summed E-state index contributed by atoms with van der Waals surface area (Å²) in [6.45, 7) is 0. The maximum atomic E-state index is 11.9. The van der Waals surface area contributed by atoms with Crippen LogP contribution in [0.2, 0.25) is 0 Å². The molecule has 0 spiro atoms. The first-order chi connectivity index (χ1) is 8.68. The number of hydrogen-bond donors (Lipinski definition) is 1. The third kappa shape index (κ3) is 1.50. The first-order valence-corrected chi connectivity index (χ1v) is 5.60. The van der Waals surface area contributed by atoms with Crippen molar-refractivity contribution in [1.29, 1.82) is 0 Å². The Bertz CT molecular complexity index is 583. The van der Waals surface area contributed by atoms with E-state index in [0.29, 0.717) is 5.56 Å². The fraction of sp³-hybridized carbons (Fsp3) is 0.143. The summed E-state index contributed by atoms with van der Waals surface area (Å²) in [5.74, 6) is -1.41. The number of ketones is 1. The van der Waals surface area contributed by atoms with E-state index in [-0.39, 0.29) is 11.3 Å². The van der Waals surface area contributed by atoms with Gasteiger partial charge in [0.25, 0.3) is 0 Å². The van der Waals surface area contributed by atoms with Gasteiger partial charge in [-0.15, -0.1) is 0 Å². The Labute approximate surface area is 103 Å². The van der Waals surface area contributed by atoms with Gasteiger partial charge in [0.15, 0.2) is 5.78 Å². The van der Waals surface area contributed by atoms with Crippen LogP contribution in [0, 0.1) is 0 Å². The minimum absolute atomic E-state index is 0.251. The monoisotopic (exact) mass is 242 g/mol. The van der Waals surface area contributed by atoms with Gasteiger partial charge in [0.1, 0.15) is 17.8 Å². The maximum absolute atomic E-state index is 11.9. The summed E-state index contributed by atoms with van der Waals surface area (Å²) >= 11 is 0. The van der Waals surface area contributed by atoms with Crippen molar-refractivity contribution in [3.8, 4) is 0 Å². The quantitative estimate of drug-likeness (QED) is 0.748. The smallest absolute Gasteiger partial charge is 0.323 e. The van der Waals surface area contributed by atoms with Gasteiger partial charge < -0.3 is 9.84 Å². The van der Waals surface area contributed by atoms with Crippen molar-refractivity contribution in [2.45, 2.75) is 12.0 Å². The SMILES string of the molecule is O=C1C2=C(C=CC1O)OC(=O)C2c1ccccc1. The molecule has 0 saturated carbocycles. The predicted molar refractivity (Wildman–Crippen MR) is 62.5 cm³/mol. The van der Waals surface area contributed by atoms with Gasteiger partial charge in [-0.3, -0.25) is 9.59 Å². The minimum atomic E-state index is -1.19. The number of allylic oxidation sites excluding steroid dienone is 1. The summed E-state index contributed by atoms with van der Waals surface area (Å²) in [6.07, 6.45) is 1.61. The van der Waals surface area contributed by atoms with Gasteiger partial charge in [-0.05, 0) is 17.7 Å². The van der Waals surface area contributed by atoms with E-state index in [0.717, 1.165) is 0 Å². The molecule has 1 N–H and O–H groups in total. The van der Waals surface area contributed by atoms with E-state index < -0.39 is 23.8 Å². The molecule has 0 aromatic heterocycles. The van der Waals surface area contributed by atoms with Crippen molar-refractivity contribution in [2.75, 3.05) is 0 Å². The number of rotatable bonds is 1. The second kappa shape index (κ2) is 3.92. The minimum Gasteiger partial charge on any atom is -0.425 e. The second-order valence-electron chi connectivity index (χ2n) is 4.21. The Morgan fingerprint density at radius 3 is 2.56 bits per heavy atom. The first kappa shape index (κ1) is 10.9. The highest BCUT2D eigenvalue weighted by Crippen LogP contribution is 2.38. The Balaban J connectivity index is 2.10. The first-order valence-electron chi connectivity index (χ1n) is 5.60. The standard InChI is InChI=1S/C14H10O4/c15-9-6-7-10-12(13(9)16)11(14(17)18-10)8-4-2-1-3-5-8/h1-7,9,11,15H. The Morgan fingerprint density at radius 1 is 1.11 bits per heavy atom. The number of hydrogen-bond acceptors (Lipinski definition) is 4. The summed E-state index contributed by atoms with van der Waals surface area (Å²) in [5, 5.41) is 9.54. The van der Waals surface area contributed by atoms with Crippen molar-refractivity contribution >= 4 is 11.8 Å². The second-order valence-corrected chi connectivity index (χ2v) is 4.21. The van der Waals surface area contributed by atoms with Gasteiger partial charge in [0, 0.05) is 0 Å². The molecule has 1 heterocycles. The van der Waals surface area contributed by atoms with Crippen molar-refractivity contribution < 1.29 is 19.4 Å². The fourth-order valence-corrected chi connectivity index (χ4v) is 2.24. The van der Waals surface area contributed by atoms with Crippen LogP contribution in [-0.4, -0.2) is 23.0 Å². The van der Waals surface area contributed by atoms with E-state index in [1.54, 1.807) is 24.3 Å². The predicted octanol–water partition coefficient (Wildman–Crippen LogP) is 1.08. The molecule has 1 aromatic rings. The van der Waals surface area contributed by atoms with Crippen LogP contribution < -0.4 is 0 Å². The van der Waals surface area contributed by atoms with E-state index in [1.807, 2.05) is 6.07 Å². The Kier molecular flexibility index (Phi) is 2.38. The van der Waals surface area contributed by atoms with Crippen molar-refractivity contribution in [3.63, 3.8) is 0 Å². The van der Waals surface area contributed by atoms with Crippen molar-refractivity contribution in [3.05, 3.63) is 59.4 Å². The zero-order valence-corrected chi connectivity index (χ0v) is 9.37. The highest BCUT2D eigenvalue weighted by atomic mass is 16.5. The molecular formula is C14H10O4.